The van der Waals surface area contributed by atoms with E-state index in [4.69, 9.17) is 4.74 Å². The fourth-order valence-electron chi connectivity index (χ4n) is 3.87. The van der Waals surface area contributed by atoms with E-state index >= 15 is 0 Å². The Morgan fingerprint density at radius 2 is 1.68 bits per heavy atom. The number of sulfone groups is 1. The number of carbonyl (C=O) groups excluding carboxylic acids is 1. The number of benzene rings is 2. The molecule has 2 heterocycles. The lowest BCUT2D eigenvalue weighted by Crippen LogP contribution is -2.17. The molecular formula is C22H23NO4S. The zero-order valence-corrected chi connectivity index (χ0v) is 16.7. The van der Waals surface area contributed by atoms with Gasteiger partial charge in [0.15, 0.2) is 9.84 Å². The molecule has 0 aliphatic carbocycles. The molecule has 146 valence electrons. The predicted octanol–water partition coefficient (Wildman–Crippen LogP) is 3.69. The van der Waals surface area contributed by atoms with E-state index in [-0.39, 0.29) is 17.1 Å². The predicted molar refractivity (Wildman–Crippen MR) is 110 cm³/mol. The van der Waals surface area contributed by atoms with Gasteiger partial charge in [-0.05, 0) is 66.3 Å². The highest BCUT2D eigenvalue weighted by Gasteiger charge is 2.25. The zero-order valence-electron chi connectivity index (χ0n) is 15.8. The van der Waals surface area contributed by atoms with Gasteiger partial charge in [0, 0.05) is 24.4 Å². The summed E-state index contributed by atoms with van der Waals surface area (Å²) in [5, 5.41) is 0. The molecule has 0 unspecified atom stereocenters. The highest BCUT2D eigenvalue weighted by Crippen LogP contribution is 2.32. The average Bonchev–Trinajstić information content (AvgIpc) is 3.21. The average molecular weight is 397 g/mol. The lowest BCUT2D eigenvalue weighted by atomic mass is 10.0. The third-order valence-corrected chi connectivity index (χ3v) is 7.22. The summed E-state index contributed by atoms with van der Waals surface area (Å²) < 4.78 is 30.0. The van der Waals surface area contributed by atoms with Crippen molar-refractivity contribution in [1.29, 1.82) is 0 Å². The van der Waals surface area contributed by atoms with Crippen molar-refractivity contribution in [2.75, 3.05) is 30.9 Å². The number of methoxy groups -OCH3 is 1. The summed E-state index contributed by atoms with van der Waals surface area (Å²) in [6.45, 7) is 2.19. The summed E-state index contributed by atoms with van der Waals surface area (Å²) in [4.78, 5) is 14.6. The maximum absolute atomic E-state index is 12.6. The Kier molecular flexibility index (Phi) is 4.98. The first-order chi connectivity index (χ1) is 13.5. The molecule has 28 heavy (non-hydrogen) atoms. The number of ether oxygens (including phenoxy) is 1. The number of hydrogen-bond acceptors (Lipinski definition) is 5. The van der Waals surface area contributed by atoms with Crippen LogP contribution in [0.2, 0.25) is 0 Å². The molecule has 4 rings (SSSR count). The molecule has 0 saturated carbocycles. The Morgan fingerprint density at radius 1 is 1.00 bits per heavy atom. The summed E-state index contributed by atoms with van der Waals surface area (Å²) in [6.07, 6.45) is 4.27. The Bertz CT molecular complexity index is 1030. The summed E-state index contributed by atoms with van der Waals surface area (Å²) in [5.41, 5.74) is 4.07. The van der Waals surface area contributed by atoms with Crippen molar-refractivity contribution >= 4 is 27.6 Å². The van der Waals surface area contributed by atoms with Gasteiger partial charge >= 0.3 is 5.97 Å². The number of hydrogen-bond donors (Lipinski definition) is 0. The standard InChI is InChI=1S/C22H23NO4S/c1-27-22(24)18-10-13-28(25,26)21-9-6-17(14-19(21)15-18)16-4-7-20(8-5-16)23-11-2-3-12-23/h4-9,14-15H,2-3,10-13H2,1H3. The lowest BCUT2D eigenvalue weighted by Gasteiger charge is -2.18. The molecular weight excluding hydrogens is 374 g/mol. The minimum absolute atomic E-state index is 0.0924. The van der Waals surface area contributed by atoms with Gasteiger partial charge in [0.05, 0.1) is 17.8 Å². The van der Waals surface area contributed by atoms with Gasteiger partial charge in [-0.2, -0.15) is 0 Å². The number of anilines is 1. The Morgan fingerprint density at radius 3 is 2.36 bits per heavy atom. The van der Waals surface area contributed by atoms with Crippen molar-refractivity contribution in [2.45, 2.75) is 24.2 Å². The summed E-state index contributed by atoms with van der Waals surface area (Å²) in [5.74, 6) is -0.575. The van der Waals surface area contributed by atoms with Crippen LogP contribution < -0.4 is 4.90 Å². The van der Waals surface area contributed by atoms with Gasteiger partial charge in [-0.3, -0.25) is 0 Å². The van der Waals surface area contributed by atoms with Crippen molar-refractivity contribution in [3.63, 3.8) is 0 Å². The normalized spacial score (nSPS) is 18.2. The molecule has 0 spiro atoms. The first kappa shape index (κ1) is 18.7. The number of nitrogens with zero attached hydrogens (tertiary/aromatic N) is 1. The quantitative estimate of drug-likeness (QED) is 0.739. The van der Waals surface area contributed by atoms with Crippen LogP contribution in [0.4, 0.5) is 5.69 Å². The molecule has 6 heteroatoms. The van der Waals surface area contributed by atoms with E-state index < -0.39 is 15.8 Å². The second-order valence-electron chi connectivity index (χ2n) is 7.22. The van der Waals surface area contributed by atoms with E-state index in [0.29, 0.717) is 11.1 Å². The fourth-order valence-corrected chi connectivity index (χ4v) is 5.33. The fraction of sp³-hybridized carbons (Fsp3) is 0.318. The molecule has 1 saturated heterocycles. The highest BCUT2D eigenvalue weighted by atomic mass is 32.2. The highest BCUT2D eigenvalue weighted by molar-refractivity contribution is 7.91. The van der Waals surface area contributed by atoms with Crippen LogP contribution in [0.5, 0.6) is 0 Å². The largest absolute Gasteiger partial charge is 0.466 e. The van der Waals surface area contributed by atoms with Crippen molar-refractivity contribution in [1.82, 2.24) is 0 Å². The third-order valence-electron chi connectivity index (χ3n) is 5.43. The molecule has 2 aromatic carbocycles. The molecule has 0 N–H and O–H groups in total. The van der Waals surface area contributed by atoms with Crippen LogP contribution >= 0.6 is 0 Å². The first-order valence-electron chi connectivity index (χ1n) is 9.49. The first-order valence-corrected chi connectivity index (χ1v) is 11.1. The van der Waals surface area contributed by atoms with Crippen molar-refractivity contribution in [3.05, 3.63) is 53.6 Å². The molecule has 0 aromatic heterocycles. The molecule has 0 radical (unpaired) electrons. The number of fused-ring (bicyclic) bond motifs is 1. The summed E-state index contributed by atoms with van der Waals surface area (Å²) >= 11 is 0. The monoisotopic (exact) mass is 397 g/mol. The topological polar surface area (TPSA) is 63.7 Å². The minimum Gasteiger partial charge on any atom is -0.466 e. The maximum Gasteiger partial charge on any atom is 0.333 e. The van der Waals surface area contributed by atoms with Gasteiger partial charge < -0.3 is 9.64 Å². The van der Waals surface area contributed by atoms with E-state index in [2.05, 4.69) is 29.2 Å². The van der Waals surface area contributed by atoms with E-state index in [1.54, 1.807) is 12.1 Å². The molecule has 0 atom stereocenters. The molecule has 5 nitrogen and oxygen atoms in total. The van der Waals surface area contributed by atoms with E-state index in [1.165, 1.54) is 25.6 Å². The van der Waals surface area contributed by atoms with E-state index in [9.17, 15) is 13.2 Å². The minimum atomic E-state index is -3.44. The van der Waals surface area contributed by atoms with Crippen molar-refractivity contribution < 1.29 is 17.9 Å². The molecule has 2 aromatic rings. The van der Waals surface area contributed by atoms with Gasteiger partial charge in [-0.1, -0.05) is 18.2 Å². The summed E-state index contributed by atoms with van der Waals surface area (Å²) in [6, 6.07) is 13.7. The maximum atomic E-state index is 12.6. The zero-order chi connectivity index (χ0) is 19.7. The SMILES string of the molecule is COC(=O)C1=Cc2cc(-c3ccc(N4CCCC4)cc3)ccc2S(=O)(=O)CC1. The second kappa shape index (κ2) is 7.43. The molecule has 2 aliphatic rings. The van der Waals surface area contributed by atoms with Crippen LogP contribution in [-0.2, 0) is 19.4 Å². The number of carbonyl (C=O) groups is 1. The Hall–Kier alpha value is -2.60. The molecule has 1 fully saturated rings. The van der Waals surface area contributed by atoms with Crippen molar-refractivity contribution in [2.24, 2.45) is 0 Å². The molecule has 0 amide bonds. The van der Waals surface area contributed by atoms with Gasteiger partial charge in [-0.25, -0.2) is 13.2 Å². The van der Waals surface area contributed by atoms with E-state index in [0.717, 1.165) is 24.2 Å². The van der Waals surface area contributed by atoms with Crippen molar-refractivity contribution in [3.8, 4) is 11.1 Å². The van der Waals surface area contributed by atoms with Crippen LogP contribution in [0.1, 0.15) is 24.8 Å². The van der Waals surface area contributed by atoms with Crippen LogP contribution in [-0.4, -0.2) is 40.3 Å². The van der Waals surface area contributed by atoms with Gasteiger partial charge in [0.1, 0.15) is 0 Å². The smallest absolute Gasteiger partial charge is 0.333 e. The number of rotatable bonds is 3. The summed E-state index contributed by atoms with van der Waals surface area (Å²) in [7, 11) is -2.13. The number of esters is 1. The van der Waals surface area contributed by atoms with Crippen LogP contribution in [0.3, 0.4) is 0 Å². The van der Waals surface area contributed by atoms with Crippen LogP contribution in [0.25, 0.3) is 17.2 Å². The second-order valence-corrected chi connectivity index (χ2v) is 9.30. The van der Waals surface area contributed by atoms with Gasteiger partial charge in [0.25, 0.3) is 0 Å². The molecule has 2 aliphatic heterocycles. The Labute approximate surface area is 165 Å². The van der Waals surface area contributed by atoms with Crippen LogP contribution in [0, 0.1) is 0 Å². The van der Waals surface area contributed by atoms with Gasteiger partial charge in [-0.15, -0.1) is 0 Å². The lowest BCUT2D eigenvalue weighted by molar-refractivity contribution is -0.136. The Balaban J connectivity index is 1.72. The van der Waals surface area contributed by atoms with E-state index in [1.807, 2.05) is 12.1 Å². The molecule has 0 bridgehead atoms. The third kappa shape index (κ3) is 3.56. The van der Waals surface area contributed by atoms with Crippen LogP contribution in [0.15, 0.2) is 52.9 Å². The van der Waals surface area contributed by atoms with Gasteiger partial charge in [0.2, 0.25) is 0 Å².